The number of fused-ring (bicyclic) bond motifs is 1. The van der Waals surface area contributed by atoms with Crippen LogP contribution >= 0.6 is 11.6 Å². The normalized spacial score (nSPS) is 14.8. The zero-order valence-electron chi connectivity index (χ0n) is 21.2. The van der Waals surface area contributed by atoms with E-state index in [4.69, 9.17) is 11.6 Å². The summed E-state index contributed by atoms with van der Waals surface area (Å²) in [5.74, 6) is -0.733. The number of rotatable bonds is 8. The fourth-order valence-corrected chi connectivity index (χ4v) is 4.96. The minimum Gasteiger partial charge on any atom is -0.405 e. The Morgan fingerprint density at radius 3 is 2.53 bits per heavy atom. The number of amides is 2. The van der Waals surface area contributed by atoms with Gasteiger partial charge in [0.1, 0.15) is 12.3 Å². The molecule has 4 rings (SSSR count). The van der Waals surface area contributed by atoms with Crippen molar-refractivity contribution in [1.29, 1.82) is 0 Å². The van der Waals surface area contributed by atoms with Crippen LogP contribution in [-0.4, -0.2) is 72.8 Å². The number of aromatic nitrogens is 1. The van der Waals surface area contributed by atoms with Crippen LogP contribution in [0.2, 0.25) is 5.02 Å². The SMILES string of the molecule is CN(C)CCNC(=O)Cn1cc(C(=O)N2CCC(c3ccccc3OC(F)(F)F)CC2)c2ccc(Cl)cc21. The fraction of sp³-hybridized carbons (Fsp3) is 0.407. The van der Waals surface area contributed by atoms with Crippen LogP contribution in [0.15, 0.2) is 48.7 Å². The highest BCUT2D eigenvalue weighted by Crippen LogP contribution is 2.37. The van der Waals surface area contributed by atoms with Gasteiger partial charge in [0, 0.05) is 42.8 Å². The molecule has 1 fully saturated rings. The lowest BCUT2D eigenvalue weighted by molar-refractivity contribution is -0.275. The van der Waals surface area contributed by atoms with Gasteiger partial charge in [0.2, 0.25) is 5.91 Å². The standard InChI is InChI=1S/C27H30ClF3N4O3/c1-33(2)14-11-32-25(36)17-35-16-22(21-8-7-19(28)15-23(21)35)26(37)34-12-9-18(10-13-34)20-5-3-4-6-24(20)38-27(29,30)31/h3-8,15-16,18H,9-14,17H2,1-2H3,(H,32,36). The number of benzene rings is 2. The number of halogens is 4. The smallest absolute Gasteiger partial charge is 0.405 e. The van der Waals surface area contributed by atoms with Gasteiger partial charge in [0.15, 0.2) is 0 Å². The van der Waals surface area contributed by atoms with Gasteiger partial charge in [-0.15, -0.1) is 13.2 Å². The molecule has 2 amide bonds. The molecule has 204 valence electrons. The summed E-state index contributed by atoms with van der Waals surface area (Å²) in [6.07, 6.45) is -2.09. The monoisotopic (exact) mass is 550 g/mol. The lowest BCUT2D eigenvalue weighted by atomic mass is 9.88. The maximum absolute atomic E-state index is 13.5. The molecule has 2 aromatic carbocycles. The highest BCUT2D eigenvalue weighted by Gasteiger charge is 2.34. The van der Waals surface area contributed by atoms with E-state index in [1.807, 2.05) is 19.0 Å². The molecule has 1 N–H and O–H groups in total. The Balaban J connectivity index is 1.48. The minimum atomic E-state index is -4.77. The molecule has 3 aromatic rings. The van der Waals surface area contributed by atoms with Crippen molar-refractivity contribution in [1.82, 2.24) is 19.7 Å². The molecule has 1 saturated heterocycles. The predicted octanol–water partition coefficient (Wildman–Crippen LogP) is 4.89. The van der Waals surface area contributed by atoms with Crippen LogP contribution < -0.4 is 10.1 Å². The molecule has 0 radical (unpaired) electrons. The zero-order valence-corrected chi connectivity index (χ0v) is 22.0. The second-order valence-corrected chi connectivity index (χ2v) is 10.1. The van der Waals surface area contributed by atoms with Crippen molar-refractivity contribution in [2.24, 2.45) is 0 Å². The zero-order chi connectivity index (χ0) is 27.4. The van der Waals surface area contributed by atoms with Gasteiger partial charge in [-0.3, -0.25) is 9.59 Å². The number of para-hydroxylation sites is 1. The summed E-state index contributed by atoms with van der Waals surface area (Å²) < 4.78 is 44.5. The number of alkyl halides is 3. The summed E-state index contributed by atoms with van der Waals surface area (Å²) in [4.78, 5) is 29.7. The number of likely N-dealkylation sites (tertiary alicyclic amines) is 1. The van der Waals surface area contributed by atoms with Crippen molar-refractivity contribution in [3.8, 4) is 5.75 Å². The molecule has 0 unspecified atom stereocenters. The molecular weight excluding hydrogens is 521 g/mol. The predicted molar refractivity (Wildman–Crippen MR) is 140 cm³/mol. The molecule has 1 aromatic heterocycles. The first-order valence-corrected chi connectivity index (χ1v) is 12.7. The molecule has 0 bridgehead atoms. The Morgan fingerprint density at radius 1 is 1.13 bits per heavy atom. The molecule has 0 aliphatic carbocycles. The third-order valence-corrected chi connectivity index (χ3v) is 6.87. The van der Waals surface area contributed by atoms with E-state index in [1.54, 1.807) is 46.0 Å². The van der Waals surface area contributed by atoms with Gasteiger partial charge in [-0.05, 0) is 56.6 Å². The number of likely N-dealkylation sites (N-methyl/N-ethyl adjacent to an activating group) is 1. The Hall–Kier alpha value is -3.24. The largest absolute Gasteiger partial charge is 0.573 e. The van der Waals surface area contributed by atoms with Crippen molar-refractivity contribution >= 4 is 34.3 Å². The molecule has 0 spiro atoms. The molecule has 1 aliphatic rings. The van der Waals surface area contributed by atoms with Crippen LogP contribution in [0.4, 0.5) is 13.2 Å². The van der Waals surface area contributed by atoms with E-state index in [1.165, 1.54) is 12.1 Å². The Bertz CT molecular complexity index is 1300. The average molecular weight is 551 g/mol. The number of hydrogen-bond acceptors (Lipinski definition) is 4. The van der Waals surface area contributed by atoms with E-state index in [0.717, 1.165) is 0 Å². The first kappa shape index (κ1) is 27.8. The quantitative estimate of drug-likeness (QED) is 0.434. The molecule has 0 atom stereocenters. The van der Waals surface area contributed by atoms with Crippen molar-refractivity contribution in [2.75, 3.05) is 40.3 Å². The highest BCUT2D eigenvalue weighted by molar-refractivity contribution is 6.31. The van der Waals surface area contributed by atoms with E-state index in [0.29, 0.717) is 66.1 Å². The number of nitrogens with one attached hydrogen (secondary N) is 1. The van der Waals surface area contributed by atoms with Gasteiger partial charge in [0.05, 0.1) is 11.1 Å². The van der Waals surface area contributed by atoms with Gasteiger partial charge in [-0.1, -0.05) is 35.9 Å². The van der Waals surface area contributed by atoms with Crippen molar-refractivity contribution in [2.45, 2.75) is 31.7 Å². The summed E-state index contributed by atoms with van der Waals surface area (Å²) in [5, 5.41) is 4.05. The Kier molecular flexibility index (Phi) is 8.52. The topological polar surface area (TPSA) is 66.8 Å². The maximum Gasteiger partial charge on any atom is 0.573 e. The Labute approximate surface area is 224 Å². The Morgan fingerprint density at radius 2 is 1.84 bits per heavy atom. The molecule has 7 nitrogen and oxygen atoms in total. The maximum atomic E-state index is 13.5. The van der Waals surface area contributed by atoms with Gasteiger partial charge < -0.3 is 24.4 Å². The second kappa shape index (κ2) is 11.7. The van der Waals surface area contributed by atoms with Crippen molar-refractivity contribution in [3.05, 3.63) is 64.8 Å². The number of carbonyl (C=O) groups excluding carboxylic acids is 2. The van der Waals surface area contributed by atoms with Gasteiger partial charge in [-0.2, -0.15) is 0 Å². The van der Waals surface area contributed by atoms with Gasteiger partial charge >= 0.3 is 6.36 Å². The lowest BCUT2D eigenvalue weighted by Gasteiger charge is -2.33. The molecular formula is C27H30ClF3N4O3. The molecule has 0 saturated carbocycles. The number of nitrogens with zero attached hydrogens (tertiary/aromatic N) is 3. The van der Waals surface area contributed by atoms with Crippen molar-refractivity contribution in [3.63, 3.8) is 0 Å². The van der Waals surface area contributed by atoms with Crippen LogP contribution in [0.25, 0.3) is 10.9 Å². The van der Waals surface area contributed by atoms with E-state index in [-0.39, 0.29) is 30.0 Å². The highest BCUT2D eigenvalue weighted by atomic mass is 35.5. The first-order valence-electron chi connectivity index (χ1n) is 12.4. The van der Waals surface area contributed by atoms with E-state index >= 15 is 0 Å². The first-order chi connectivity index (χ1) is 18.0. The third-order valence-electron chi connectivity index (χ3n) is 6.64. The van der Waals surface area contributed by atoms with Crippen LogP contribution in [-0.2, 0) is 11.3 Å². The van der Waals surface area contributed by atoms with E-state index in [9.17, 15) is 22.8 Å². The summed E-state index contributed by atoms with van der Waals surface area (Å²) in [5.41, 5.74) is 1.62. The van der Waals surface area contributed by atoms with Crippen LogP contribution in [0.3, 0.4) is 0 Å². The van der Waals surface area contributed by atoms with E-state index in [2.05, 4.69) is 10.1 Å². The van der Waals surface area contributed by atoms with Crippen LogP contribution in [0, 0.1) is 0 Å². The fourth-order valence-electron chi connectivity index (χ4n) is 4.80. The molecule has 11 heteroatoms. The molecule has 38 heavy (non-hydrogen) atoms. The number of piperidine rings is 1. The third kappa shape index (κ3) is 6.79. The second-order valence-electron chi connectivity index (χ2n) is 9.64. The number of carbonyl (C=O) groups is 2. The minimum absolute atomic E-state index is 0.0373. The lowest BCUT2D eigenvalue weighted by Crippen LogP contribution is -2.38. The number of hydrogen-bond donors (Lipinski definition) is 1. The summed E-state index contributed by atoms with van der Waals surface area (Å²) in [6, 6.07) is 11.3. The summed E-state index contributed by atoms with van der Waals surface area (Å²) in [7, 11) is 3.84. The van der Waals surface area contributed by atoms with Crippen molar-refractivity contribution < 1.29 is 27.5 Å². The summed E-state index contributed by atoms with van der Waals surface area (Å²) in [6.45, 7) is 2.01. The van der Waals surface area contributed by atoms with Gasteiger partial charge in [-0.25, -0.2) is 0 Å². The summed E-state index contributed by atoms with van der Waals surface area (Å²) >= 11 is 6.21. The average Bonchev–Trinajstić information content (AvgIpc) is 3.20. The van der Waals surface area contributed by atoms with Crippen LogP contribution in [0.5, 0.6) is 5.75 Å². The van der Waals surface area contributed by atoms with Crippen LogP contribution in [0.1, 0.15) is 34.7 Å². The van der Waals surface area contributed by atoms with E-state index < -0.39 is 6.36 Å². The number of ether oxygens (including phenoxy) is 1. The van der Waals surface area contributed by atoms with Gasteiger partial charge in [0.25, 0.3) is 5.91 Å². The molecule has 2 heterocycles. The molecule has 1 aliphatic heterocycles.